The highest BCUT2D eigenvalue weighted by atomic mass is 16.3. The van der Waals surface area contributed by atoms with Crippen LogP contribution < -0.4 is 0 Å². The molecule has 2 heterocycles. The van der Waals surface area contributed by atoms with E-state index in [1.807, 2.05) is 69.3 Å². The quantitative estimate of drug-likeness (QED) is 0.174. The molecule has 0 saturated carbocycles. The van der Waals surface area contributed by atoms with Crippen LogP contribution in [0.5, 0.6) is 5.75 Å². The van der Waals surface area contributed by atoms with E-state index in [-0.39, 0.29) is 46.3 Å². The van der Waals surface area contributed by atoms with Crippen molar-refractivity contribution in [1.82, 2.24) is 14.5 Å². The third kappa shape index (κ3) is 8.17. The van der Waals surface area contributed by atoms with Crippen LogP contribution in [0.25, 0.3) is 83.9 Å². The van der Waals surface area contributed by atoms with Crippen LogP contribution in [0.15, 0.2) is 176 Å². The average molecular weight is 840 g/mol. The van der Waals surface area contributed by atoms with Gasteiger partial charge in [0.15, 0.2) is 0 Å². The summed E-state index contributed by atoms with van der Waals surface area (Å²) >= 11 is 0. The standard InChI is InChI=1S/C60H57N3O/c1-58(2,3)46-29-27-40(28-30-46)42-31-32-61-52(36-42)45-34-43(39-19-12-10-13-20-39)33-44(35-45)49-24-18-26-54-55(49)62-57(50-37-47(59(4,5)6)38-51(56(50)64)60(7,8)9)63(54)53-25-17-16-23-48(53)41-21-14-11-15-22-41/h10-38,64H,1-9H3/i27D,28D,29D,30D. The van der Waals surface area contributed by atoms with Gasteiger partial charge in [-0.05, 0) is 109 Å². The van der Waals surface area contributed by atoms with Crippen molar-refractivity contribution in [3.05, 3.63) is 193 Å². The largest absolute Gasteiger partial charge is 0.507 e. The van der Waals surface area contributed by atoms with E-state index >= 15 is 0 Å². The van der Waals surface area contributed by atoms with Gasteiger partial charge in [-0.2, -0.15) is 0 Å². The van der Waals surface area contributed by atoms with Crippen molar-refractivity contribution in [3.8, 4) is 78.6 Å². The van der Waals surface area contributed by atoms with Crippen LogP contribution in [-0.2, 0) is 16.2 Å². The summed E-state index contributed by atoms with van der Waals surface area (Å²) in [7, 11) is 0. The molecule has 4 heteroatoms. The van der Waals surface area contributed by atoms with Gasteiger partial charge in [0.25, 0.3) is 0 Å². The van der Waals surface area contributed by atoms with Crippen LogP contribution in [0.1, 0.15) is 84.5 Å². The van der Waals surface area contributed by atoms with E-state index in [0.717, 1.165) is 66.8 Å². The molecule has 9 rings (SSSR count). The zero-order valence-corrected chi connectivity index (χ0v) is 38.2. The molecule has 0 unspecified atom stereocenters. The van der Waals surface area contributed by atoms with Crippen LogP contribution in [0, 0.1) is 0 Å². The molecule has 0 bridgehead atoms. The fraction of sp³-hybridized carbons (Fsp3) is 0.200. The average Bonchev–Trinajstić information content (AvgIpc) is 3.70. The molecule has 0 aliphatic rings. The number of pyridine rings is 1. The third-order valence-electron chi connectivity index (χ3n) is 12.0. The summed E-state index contributed by atoms with van der Waals surface area (Å²) in [5.41, 5.74) is 12.4. The van der Waals surface area contributed by atoms with Crippen LogP contribution in [0.2, 0.25) is 0 Å². The Kier molecular flexibility index (Phi) is 9.53. The molecule has 0 spiro atoms. The first-order valence-electron chi connectivity index (χ1n) is 24.1. The monoisotopic (exact) mass is 839 g/mol. The second-order valence-electron chi connectivity index (χ2n) is 19.8. The van der Waals surface area contributed by atoms with Crippen molar-refractivity contribution in [2.24, 2.45) is 0 Å². The second kappa shape index (κ2) is 16.3. The van der Waals surface area contributed by atoms with Crippen molar-refractivity contribution < 1.29 is 10.6 Å². The number of benzene rings is 7. The number of imidazole rings is 1. The number of hydrogen-bond donors (Lipinski definition) is 1. The molecule has 0 aliphatic heterocycles. The van der Waals surface area contributed by atoms with Gasteiger partial charge in [0.1, 0.15) is 11.6 Å². The normalized spacial score (nSPS) is 13.1. The summed E-state index contributed by atoms with van der Waals surface area (Å²) < 4.78 is 38.3. The Morgan fingerprint density at radius 2 is 1.08 bits per heavy atom. The number of hydrogen-bond acceptors (Lipinski definition) is 3. The number of phenolic OH excluding ortho intramolecular Hbond substituents is 1. The Balaban J connectivity index is 1.33. The van der Waals surface area contributed by atoms with Crippen LogP contribution >= 0.6 is 0 Å². The fourth-order valence-electron chi connectivity index (χ4n) is 8.40. The van der Waals surface area contributed by atoms with Gasteiger partial charge in [-0.3, -0.25) is 9.55 Å². The first-order valence-corrected chi connectivity index (χ1v) is 22.1. The van der Waals surface area contributed by atoms with E-state index in [2.05, 4.69) is 137 Å². The molecule has 0 fully saturated rings. The van der Waals surface area contributed by atoms with E-state index in [1.54, 1.807) is 12.3 Å². The number of para-hydroxylation sites is 2. The van der Waals surface area contributed by atoms with Crippen molar-refractivity contribution in [2.75, 3.05) is 0 Å². The number of nitrogens with zero attached hydrogens (tertiary/aromatic N) is 3. The minimum Gasteiger partial charge on any atom is -0.507 e. The van der Waals surface area contributed by atoms with E-state index in [0.29, 0.717) is 28.2 Å². The van der Waals surface area contributed by atoms with Gasteiger partial charge < -0.3 is 5.11 Å². The Bertz CT molecular complexity index is 3360. The molecule has 2 aromatic heterocycles. The second-order valence-corrected chi connectivity index (χ2v) is 19.8. The predicted molar refractivity (Wildman–Crippen MR) is 269 cm³/mol. The van der Waals surface area contributed by atoms with Gasteiger partial charge >= 0.3 is 0 Å². The molecule has 1 N–H and O–H groups in total. The van der Waals surface area contributed by atoms with Gasteiger partial charge in [-0.25, -0.2) is 4.98 Å². The van der Waals surface area contributed by atoms with Gasteiger partial charge in [0.05, 0.1) is 33.5 Å². The lowest BCUT2D eigenvalue weighted by Gasteiger charge is -2.27. The molecule has 9 aromatic rings. The summed E-state index contributed by atoms with van der Waals surface area (Å²) in [5.74, 6) is 0.825. The minimum atomic E-state index is -0.576. The zero-order valence-electron chi connectivity index (χ0n) is 42.2. The van der Waals surface area contributed by atoms with Crippen molar-refractivity contribution >= 4 is 11.0 Å². The molecule has 318 valence electrons. The molecule has 64 heavy (non-hydrogen) atoms. The van der Waals surface area contributed by atoms with E-state index in [1.165, 1.54) is 0 Å². The Labute approximate surface area is 384 Å². The maximum absolute atomic E-state index is 12.5. The summed E-state index contributed by atoms with van der Waals surface area (Å²) in [5, 5.41) is 12.5. The molecular formula is C60H57N3O. The van der Waals surface area contributed by atoms with Crippen LogP contribution in [0.4, 0.5) is 0 Å². The Morgan fingerprint density at radius 1 is 0.469 bits per heavy atom. The number of aromatic hydroxyl groups is 1. The zero-order chi connectivity index (χ0) is 48.4. The molecule has 0 aliphatic carbocycles. The van der Waals surface area contributed by atoms with Gasteiger partial charge in [0.2, 0.25) is 0 Å². The number of aromatic nitrogens is 3. The molecule has 0 amide bonds. The molecule has 0 radical (unpaired) electrons. The van der Waals surface area contributed by atoms with E-state index in [4.69, 9.17) is 15.5 Å². The van der Waals surface area contributed by atoms with Gasteiger partial charge in [-0.15, -0.1) is 0 Å². The highest BCUT2D eigenvalue weighted by molar-refractivity contribution is 5.98. The smallest absolute Gasteiger partial charge is 0.149 e. The van der Waals surface area contributed by atoms with Gasteiger partial charge in [0, 0.05) is 28.5 Å². The first kappa shape index (κ1) is 37.5. The highest BCUT2D eigenvalue weighted by Crippen LogP contribution is 2.46. The SMILES string of the molecule is [2H]c1c([2H])c(C(C)(C)C)c([2H])c([2H])c1-c1ccnc(-c2cc(-c3ccccc3)cc(-c3cccc4c3nc(-c3cc(C(C)(C)C)cc(C(C)(C)C)c3O)n4-c3ccccc3-c3ccccc3)c2)c1. The summed E-state index contributed by atoms with van der Waals surface area (Å²) in [4.78, 5) is 10.5. The van der Waals surface area contributed by atoms with Crippen molar-refractivity contribution in [3.63, 3.8) is 0 Å². The van der Waals surface area contributed by atoms with Crippen molar-refractivity contribution in [1.29, 1.82) is 0 Å². The topological polar surface area (TPSA) is 50.9 Å². The molecule has 0 atom stereocenters. The number of phenols is 1. The predicted octanol–water partition coefficient (Wildman–Crippen LogP) is 16.0. The number of rotatable bonds is 7. The molecule has 0 saturated heterocycles. The lowest BCUT2D eigenvalue weighted by Crippen LogP contribution is -2.17. The molecule has 7 aromatic carbocycles. The molecule has 4 nitrogen and oxygen atoms in total. The van der Waals surface area contributed by atoms with Crippen LogP contribution in [-0.4, -0.2) is 19.6 Å². The van der Waals surface area contributed by atoms with Gasteiger partial charge in [-0.1, -0.05) is 184 Å². The first-order chi connectivity index (χ1) is 32.2. The third-order valence-corrected chi connectivity index (χ3v) is 12.0. The lowest BCUT2D eigenvalue weighted by atomic mass is 9.79. The highest BCUT2D eigenvalue weighted by Gasteiger charge is 2.29. The minimum absolute atomic E-state index is 0.0356. The van der Waals surface area contributed by atoms with Crippen molar-refractivity contribution in [2.45, 2.75) is 78.6 Å². The summed E-state index contributed by atoms with van der Waals surface area (Å²) in [6, 6.07) is 49.2. The summed E-state index contributed by atoms with van der Waals surface area (Å²) in [6.07, 6.45) is 1.67. The van der Waals surface area contributed by atoms with Crippen LogP contribution in [0.3, 0.4) is 0 Å². The van der Waals surface area contributed by atoms with E-state index in [9.17, 15) is 5.11 Å². The Morgan fingerprint density at radius 3 is 1.75 bits per heavy atom. The maximum atomic E-state index is 12.5. The summed E-state index contributed by atoms with van der Waals surface area (Å²) in [6.45, 7) is 18.7. The van der Waals surface area contributed by atoms with E-state index < -0.39 is 5.41 Å². The lowest BCUT2D eigenvalue weighted by molar-refractivity contribution is 0.446. The Hall–Kier alpha value is -7.04. The fourth-order valence-corrected chi connectivity index (χ4v) is 8.40. The molecular weight excluding hydrogens is 779 g/mol. The number of fused-ring (bicyclic) bond motifs is 1. The maximum Gasteiger partial charge on any atom is 0.149 e.